The fourth-order valence-corrected chi connectivity index (χ4v) is 2.90. The van der Waals surface area contributed by atoms with Gasteiger partial charge >= 0.3 is 5.97 Å². The van der Waals surface area contributed by atoms with E-state index in [1.54, 1.807) is 25.1 Å². The van der Waals surface area contributed by atoms with Crippen molar-refractivity contribution >= 4 is 17.7 Å². The molecule has 118 valence electrons. The Morgan fingerprint density at radius 1 is 1.48 bits per heavy atom. The van der Waals surface area contributed by atoms with Gasteiger partial charge < -0.3 is 5.11 Å². The maximum atomic E-state index is 14.5. The average molecular weight is 315 g/mol. The van der Waals surface area contributed by atoms with Crippen LogP contribution in [0.25, 0.3) is 11.1 Å². The number of carboxylic acids is 1. The summed E-state index contributed by atoms with van der Waals surface area (Å²) < 4.78 is 14.5. The van der Waals surface area contributed by atoms with E-state index in [-0.39, 0.29) is 11.4 Å². The second kappa shape index (κ2) is 5.42. The van der Waals surface area contributed by atoms with Crippen LogP contribution in [0.5, 0.6) is 0 Å². The Balaban J connectivity index is 2.36. The Hall–Kier alpha value is -2.83. The third kappa shape index (κ3) is 2.44. The molecule has 2 aromatic rings. The van der Waals surface area contributed by atoms with Gasteiger partial charge in [0, 0.05) is 30.1 Å². The molecule has 0 spiro atoms. The lowest BCUT2D eigenvalue weighted by Crippen LogP contribution is -2.32. The topological polar surface area (TPSA) is 83.4 Å². The van der Waals surface area contributed by atoms with Gasteiger partial charge in [-0.05, 0) is 30.7 Å². The molecule has 0 aromatic carbocycles. The molecule has 6 nitrogen and oxygen atoms in total. The number of anilines is 1. The number of rotatable bonds is 2. The van der Waals surface area contributed by atoms with Gasteiger partial charge in [-0.3, -0.25) is 14.5 Å². The van der Waals surface area contributed by atoms with Gasteiger partial charge in [0.2, 0.25) is 11.9 Å². The van der Waals surface area contributed by atoms with Crippen LogP contribution in [0.4, 0.5) is 10.2 Å². The molecule has 1 N–H and O–H groups in total. The van der Waals surface area contributed by atoms with Crippen LogP contribution in [0.3, 0.4) is 0 Å². The number of hydrogen-bond donors (Lipinski definition) is 1. The number of fused-ring (bicyclic) bond motifs is 3. The van der Waals surface area contributed by atoms with Gasteiger partial charge in [-0.1, -0.05) is 0 Å². The molecule has 0 aliphatic carbocycles. The lowest BCUT2D eigenvalue weighted by molar-refractivity contribution is -0.139. The van der Waals surface area contributed by atoms with Crippen molar-refractivity contribution in [1.82, 2.24) is 9.97 Å². The van der Waals surface area contributed by atoms with Crippen LogP contribution in [0, 0.1) is 12.9 Å². The number of aryl methyl sites for hydroxylation is 1. The van der Waals surface area contributed by atoms with Crippen LogP contribution >= 0.6 is 0 Å². The zero-order valence-corrected chi connectivity index (χ0v) is 12.6. The summed E-state index contributed by atoms with van der Waals surface area (Å²) in [5, 5.41) is 9.15. The number of carbonyl (C=O) groups is 2. The van der Waals surface area contributed by atoms with E-state index in [1.807, 2.05) is 0 Å². The lowest BCUT2D eigenvalue weighted by Gasteiger charge is -2.20. The highest BCUT2D eigenvalue weighted by atomic mass is 19.1. The molecule has 7 heteroatoms. The summed E-state index contributed by atoms with van der Waals surface area (Å²) in [6.07, 6.45) is 1.08. The number of aromatic nitrogens is 2. The van der Waals surface area contributed by atoms with Gasteiger partial charge in [0.25, 0.3) is 0 Å². The SMILES string of the molecule is Cc1cc2c(c(F)n1)-c1cccnc1N(C)C(=O)C2CC(=O)O. The Bertz CT molecular complexity index is 822. The highest BCUT2D eigenvalue weighted by Crippen LogP contribution is 2.41. The normalized spacial score (nSPS) is 16.6. The van der Waals surface area contributed by atoms with Crippen molar-refractivity contribution < 1.29 is 19.1 Å². The standard InChI is InChI=1S/C16H14FN3O3/c1-8-6-10-11(7-12(21)22)16(23)20(2)15-9(4-3-5-18-15)13(10)14(17)19-8/h3-6,11H,7H2,1-2H3,(H,21,22). The maximum Gasteiger partial charge on any atom is 0.304 e. The van der Waals surface area contributed by atoms with Gasteiger partial charge in [0.15, 0.2) is 0 Å². The number of pyridine rings is 2. The third-order valence-corrected chi connectivity index (χ3v) is 3.89. The average Bonchev–Trinajstić information content (AvgIpc) is 2.57. The van der Waals surface area contributed by atoms with Crippen molar-refractivity contribution in [2.75, 3.05) is 11.9 Å². The number of hydrogen-bond acceptors (Lipinski definition) is 4. The monoisotopic (exact) mass is 315 g/mol. The van der Waals surface area contributed by atoms with E-state index >= 15 is 0 Å². The molecule has 2 aromatic heterocycles. The quantitative estimate of drug-likeness (QED) is 0.858. The highest BCUT2D eigenvalue weighted by Gasteiger charge is 2.36. The van der Waals surface area contributed by atoms with Crippen molar-refractivity contribution in [2.45, 2.75) is 19.3 Å². The molecule has 0 bridgehead atoms. The first-order chi connectivity index (χ1) is 10.9. The lowest BCUT2D eigenvalue weighted by atomic mass is 9.90. The van der Waals surface area contributed by atoms with E-state index < -0.39 is 30.2 Å². The number of aliphatic carboxylic acids is 1. The Labute approximate surface area is 131 Å². The van der Waals surface area contributed by atoms with Crippen molar-refractivity contribution in [3.63, 3.8) is 0 Å². The first-order valence-corrected chi connectivity index (χ1v) is 7.02. The van der Waals surface area contributed by atoms with E-state index in [0.29, 0.717) is 16.8 Å². The van der Waals surface area contributed by atoms with Crippen molar-refractivity contribution in [3.05, 3.63) is 41.6 Å². The highest BCUT2D eigenvalue weighted by molar-refractivity contribution is 6.05. The summed E-state index contributed by atoms with van der Waals surface area (Å²) >= 11 is 0. The molecule has 1 aliphatic heterocycles. The minimum Gasteiger partial charge on any atom is -0.481 e. The zero-order valence-electron chi connectivity index (χ0n) is 12.6. The second-order valence-corrected chi connectivity index (χ2v) is 5.44. The molecule has 3 heterocycles. The Morgan fingerprint density at radius 2 is 2.22 bits per heavy atom. The molecule has 23 heavy (non-hydrogen) atoms. The van der Waals surface area contributed by atoms with Gasteiger partial charge in [0.1, 0.15) is 5.82 Å². The first-order valence-electron chi connectivity index (χ1n) is 7.02. The van der Waals surface area contributed by atoms with Crippen LogP contribution in [0.1, 0.15) is 23.6 Å². The molecule has 0 radical (unpaired) electrons. The van der Waals surface area contributed by atoms with Gasteiger partial charge in [0.05, 0.1) is 12.3 Å². The minimum atomic E-state index is -1.13. The van der Waals surface area contributed by atoms with Crippen molar-refractivity contribution in [3.8, 4) is 11.1 Å². The van der Waals surface area contributed by atoms with Crippen LogP contribution in [0.15, 0.2) is 24.4 Å². The molecule has 0 saturated carbocycles. The fourth-order valence-electron chi connectivity index (χ4n) is 2.90. The van der Waals surface area contributed by atoms with E-state index in [0.717, 1.165) is 0 Å². The molecular weight excluding hydrogens is 301 g/mol. The largest absolute Gasteiger partial charge is 0.481 e. The third-order valence-electron chi connectivity index (χ3n) is 3.89. The van der Waals surface area contributed by atoms with E-state index in [4.69, 9.17) is 5.11 Å². The van der Waals surface area contributed by atoms with E-state index in [9.17, 15) is 14.0 Å². The second-order valence-electron chi connectivity index (χ2n) is 5.44. The fraction of sp³-hybridized carbons (Fsp3) is 0.250. The Kier molecular flexibility index (Phi) is 3.55. The van der Waals surface area contributed by atoms with Gasteiger partial charge in [-0.15, -0.1) is 0 Å². The molecule has 0 fully saturated rings. The number of amides is 1. The van der Waals surface area contributed by atoms with Crippen LogP contribution in [-0.2, 0) is 9.59 Å². The molecule has 1 amide bonds. The number of carbonyl (C=O) groups excluding carboxylic acids is 1. The Morgan fingerprint density at radius 3 is 2.91 bits per heavy atom. The smallest absolute Gasteiger partial charge is 0.304 e. The maximum absolute atomic E-state index is 14.5. The number of carboxylic acid groups (broad SMARTS) is 1. The van der Waals surface area contributed by atoms with E-state index in [1.165, 1.54) is 18.1 Å². The summed E-state index contributed by atoms with van der Waals surface area (Å²) in [6.45, 7) is 1.60. The van der Waals surface area contributed by atoms with Crippen molar-refractivity contribution in [1.29, 1.82) is 0 Å². The molecule has 3 rings (SSSR count). The number of halogens is 1. The van der Waals surface area contributed by atoms with Crippen LogP contribution in [-0.4, -0.2) is 34.0 Å². The minimum absolute atomic E-state index is 0.141. The number of likely N-dealkylation sites (N-methyl/N-ethyl adjacent to an activating group) is 1. The molecule has 1 unspecified atom stereocenters. The predicted octanol–water partition coefficient (Wildman–Crippen LogP) is 2.13. The van der Waals surface area contributed by atoms with E-state index in [2.05, 4.69) is 9.97 Å². The molecule has 0 saturated heterocycles. The molecule has 1 aliphatic rings. The van der Waals surface area contributed by atoms with Crippen LogP contribution < -0.4 is 4.90 Å². The van der Waals surface area contributed by atoms with Crippen molar-refractivity contribution in [2.24, 2.45) is 0 Å². The summed E-state index contributed by atoms with van der Waals surface area (Å²) in [6, 6.07) is 4.85. The summed E-state index contributed by atoms with van der Waals surface area (Å²) in [5.41, 5.74) is 1.29. The summed E-state index contributed by atoms with van der Waals surface area (Å²) in [4.78, 5) is 33.1. The van der Waals surface area contributed by atoms with Gasteiger partial charge in [-0.2, -0.15) is 4.39 Å². The number of nitrogens with zero attached hydrogens (tertiary/aromatic N) is 3. The first kappa shape index (κ1) is 15.1. The molecular formula is C16H14FN3O3. The zero-order chi connectivity index (χ0) is 16.7. The molecule has 1 atom stereocenters. The summed E-state index contributed by atoms with van der Waals surface area (Å²) in [7, 11) is 1.51. The van der Waals surface area contributed by atoms with Crippen LogP contribution in [0.2, 0.25) is 0 Å². The van der Waals surface area contributed by atoms with Gasteiger partial charge in [-0.25, -0.2) is 9.97 Å². The predicted molar refractivity (Wildman–Crippen MR) is 80.6 cm³/mol. The summed E-state index contributed by atoms with van der Waals surface area (Å²) in [5.74, 6) is -2.99.